The van der Waals surface area contributed by atoms with E-state index in [1.54, 1.807) is 6.92 Å². The topological polar surface area (TPSA) is 93.5 Å². The van der Waals surface area contributed by atoms with E-state index in [1.807, 2.05) is 11.6 Å². The Labute approximate surface area is 129 Å². The van der Waals surface area contributed by atoms with Crippen LogP contribution in [-0.4, -0.2) is 45.5 Å². The summed E-state index contributed by atoms with van der Waals surface area (Å²) >= 11 is 0. The van der Waals surface area contributed by atoms with Gasteiger partial charge in [0.1, 0.15) is 5.54 Å². The Bertz CT molecular complexity index is 563. The molecule has 1 aromatic heterocycles. The number of carbonyl (C=O) groups excluding carboxylic acids is 1. The molecule has 1 unspecified atom stereocenters. The first-order valence-corrected chi connectivity index (χ1v) is 7.57. The first-order valence-electron chi connectivity index (χ1n) is 7.57. The molecular weight excluding hydrogens is 286 g/mol. The second-order valence-corrected chi connectivity index (χ2v) is 5.88. The number of carboxylic acid groups (broad SMARTS) is 1. The second kappa shape index (κ2) is 6.48. The Balaban J connectivity index is 2.17. The summed E-state index contributed by atoms with van der Waals surface area (Å²) in [6.45, 7) is 6.45. The van der Waals surface area contributed by atoms with Gasteiger partial charge in [0.05, 0.1) is 17.8 Å². The molecule has 1 amide bonds. The maximum atomic E-state index is 12.4. The summed E-state index contributed by atoms with van der Waals surface area (Å²) in [6, 6.07) is 0.229. The largest absolute Gasteiger partial charge is 0.480 e. The molecular formula is C15H23N3O4. The zero-order valence-corrected chi connectivity index (χ0v) is 13.3. The summed E-state index contributed by atoms with van der Waals surface area (Å²) in [7, 11) is 0. The van der Waals surface area contributed by atoms with Crippen molar-refractivity contribution >= 4 is 11.9 Å². The van der Waals surface area contributed by atoms with E-state index in [4.69, 9.17) is 4.74 Å². The van der Waals surface area contributed by atoms with Crippen LogP contribution in [0.25, 0.3) is 0 Å². The van der Waals surface area contributed by atoms with E-state index >= 15 is 0 Å². The molecule has 7 nitrogen and oxygen atoms in total. The maximum Gasteiger partial charge on any atom is 0.329 e. The number of carboxylic acids is 1. The molecule has 0 spiro atoms. The lowest BCUT2D eigenvalue weighted by Crippen LogP contribution is -2.51. The van der Waals surface area contributed by atoms with Crippen LogP contribution in [0.4, 0.5) is 0 Å². The number of ether oxygens (including phenoxy) is 1. The van der Waals surface area contributed by atoms with Gasteiger partial charge in [0.2, 0.25) is 0 Å². The van der Waals surface area contributed by atoms with Crippen molar-refractivity contribution in [2.24, 2.45) is 0 Å². The van der Waals surface area contributed by atoms with Crippen molar-refractivity contribution in [1.82, 2.24) is 15.1 Å². The molecule has 0 aliphatic carbocycles. The average Bonchev–Trinajstić information content (AvgIpc) is 2.89. The van der Waals surface area contributed by atoms with Gasteiger partial charge >= 0.3 is 5.97 Å². The Morgan fingerprint density at radius 3 is 2.68 bits per heavy atom. The summed E-state index contributed by atoms with van der Waals surface area (Å²) in [6.07, 6.45) is 3.55. The smallest absolute Gasteiger partial charge is 0.329 e. The minimum Gasteiger partial charge on any atom is -0.480 e. The van der Waals surface area contributed by atoms with Gasteiger partial charge in [0, 0.05) is 18.9 Å². The lowest BCUT2D eigenvalue weighted by atomic mass is 9.98. The minimum absolute atomic E-state index is 0.229. The fraction of sp³-hybridized carbons (Fsp3) is 0.667. The van der Waals surface area contributed by atoms with Gasteiger partial charge in [0.15, 0.2) is 0 Å². The van der Waals surface area contributed by atoms with Crippen LogP contribution in [0.5, 0.6) is 0 Å². The van der Waals surface area contributed by atoms with Crippen molar-refractivity contribution in [2.75, 3.05) is 13.2 Å². The average molecular weight is 309 g/mol. The SMILES string of the molecule is CCC(C)(NC(=O)c1cnn(C2CCOCC2)c1C)C(=O)O. The molecule has 1 fully saturated rings. The van der Waals surface area contributed by atoms with Crippen molar-refractivity contribution in [3.05, 3.63) is 17.5 Å². The van der Waals surface area contributed by atoms with E-state index in [9.17, 15) is 14.7 Å². The van der Waals surface area contributed by atoms with Crippen LogP contribution in [0.3, 0.4) is 0 Å². The van der Waals surface area contributed by atoms with Crippen molar-refractivity contribution in [3.8, 4) is 0 Å². The zero-order chi connectivity index (χ0) is 16.3. The predicted octanol–water partition coefficient (Wildman–Crippen LogP) is 1.53. The molecule has 2 N–H and O–H groups in total. The van der Waals surface area contributed by atoms with Crippen LogP contribution >= 0.6 is 0 Å². The molecule has 0 bridgehead atoms. The van der Waals surface area contributed by atoms with Gasteiger partial charge in [0.25, 0.3) is 5.91 Å². The van der Waals surface area contributed by atoms with Crippen LogP contribution in [-0.2, 0) is 9.53 Å². The van der Waals surface area contributed by atoms with Gasteiger partial charge in [-0.15, -0.1) is 0 Å². The Kier molecular flexibility index (Phi) is 4.85. The molecule has 1 aliphatic rings. The number of nitrogens with one attached hydrogen (secondary N) is 1. The lowest BCUT2D eigenvalue weighted by Gasteiger charge is -2.25. The summed E-state index contributed by atoms with van der Waals surface area (Å²) in [5, 5.41) is 16.2. The third-order valence-electron chi connectivity index (χ3n) is 4.39. The summed E-state index contributed by atoms with van der Waals surface area (Å²) in [5.74, 6) is -1.44. The molecule has 0 saturated carbocycles. The third-order valence-corrected chi connectivity index (χ3v) is 4.39. The van der Waals surface area contributed by atoms with Gasteiger partial charge in [-0.25, -0.2) is 4.79 Å². The van der Waals surface area contributed by atoms with Gasteiger partial charge in [-0.3, -0.25) is 9.48 Å². The highest BCUT2D eigenvalue weighted by Crippen LogP contribution is 2.23. The van der Waals surface area contributed by atoms with E-state index in [1.165, 1.54) is 13.1 Å². The third kappa shape index (κ3) is 3.14. The summed E-state index contributed by atoms with van der Waals surface area (Å²) < 4.78 is 7.19. The summed E-state index contributed by atoms with van der Waals surface area (Å²) in [5.41, 5.74) is -0.0923. The summed E-state index contributed by atoms with van der Waals surface area (Å²) in [4.78, 5) is 23.7. The highest BCUT2D eigenvalue weighted by Gasteiger charge is 2.34. The molecule has 22 heavy (non-hydrogen) atoms. The number of aromatic nitrogens is 2. The Hall–Kier alpha value is -1.89. The highest BCUT2D eigenvalue weighted by molar-refractivity contribution is 5.98. The molecule has 1 aliphatic heterocycles. The van der Waals surface area contributed by atoms with Crippen molar-refractivity contribution in [2.45, 2.75) is 51.6 Å². The number of hydrogen-bond donors (Lipinski definition) is 2. The highest BCUT2D eigenvalue weighted by atomic mass is 16.5. The lowest BCUT2D eigenvalue weighted by molar-refractivity contribution is -0.143. The minimum atomic E-state index is -1.27. The van der Waals surface area contributed by atoms with Gasteiger partial charge < -0.3 is 15.2 Å². The van der Waals surface area contributed by atoms with E-state index < -0.39 is 17.4 Å². The van der Waals surface area contributed by atoms with Gasteiger partial charge in [-0.05, 0) is 33.1 Å². The van der Waals surface area contributed by atoms with Crippen molar-refractivity contribution in [1.29, 1.82) is 0 Å². The first-order chi connectivity index (χ1) is 10.4. The number of nitrogens with zero attached hydrogens (tertiary/aromatic N) is 2. The van der Waals surface area contributed by atoms with E-state index in [2.05, 4.69) is 10.4 Å². The van der Waals surface area contributed by atoms with Crippen LogP contribution < -0.4 is 5.32 Å². The van der Waals surface area contributed by atoms with Crippen LogP contribution in [0.15, 0.2) is 6.20 Å². The molecule has 2 heterocycles. The Morgan fingerprint density at radius 1 is 1.50 bits per heavy atom. The van der Waals surface area contributed by atoms with E-state index in [0.29, 0.717) is 25.2 Å². The van der Waals surface area contributed by atoms with E-state index in [0.717, 1.165) is 18.5 Å². The number of aliphatic carboxylic acids is 1. The molecule has 7 heteroatoms. The van der Waals surface area contributed by atoms with Crippen LogP contribution in [0.2, 0.25) is 0 Å². The second-order valence-electron chi connectivity index (χ2n) is 5.88. The molecule has 1 atom stereocenters. The van der Waals surface area contributed by atoms with Crippen LogP contribution in [0.1, 0.15) is 55.2 Å². The fourth-order valence-corrected chi connectivity index (χ4v) is 2.56. The molecule has 2 rings (SSSR count). The predicted molar refractivity (Wildman–Crippen MR) is 79.9 cm³/mol. The number of carbonyl (C=O) groups is 2. The van der Waals surface area contributed by atoms with E-state index in [-0.39, 0.29) is 6.04 Å². The maximum absolute atomic E-state index is 12.4. The fourth-order valence-electron chi connectivity index (χ4n) is 2.56. The molecule has 122 valence electrons. The number of rotatable bonds is 5. The van der Waals surface area contributed by atoms with Crippen molar-refractivity contribution in [3.63, 3.8) is 0 Å². The van der Waals surface area contributed by atoms with Gasteiger partial charge in [-0.1, -0.05) is 6.92 Å². The quantitative estimate of drug-likeness (QED) is 0.860. The standard InChI is InChI=1S/C15H23N3O4/c1-4-15(3,14(20)21)17-13(19)12-9-16-18(10(12)2)11-5-7-22-8-6-11/h9,11H,4-8H2,1-3H3,(H,17,19)(H,20,21). The molecule has 0 radical (unpaired) electrons. The monoisotopic (exact) mass is 309 g/mol. The van der Waals surface area contributed by atoms with Crippen molar-refractivity contribution < 1.29 is 19.4 Å². The Morgan fingerprint density at radius 2 is 2.14 bits per heavy atom. The zero-order valence-electron chi connectivity index (χ0n) is 13.3. The van der Waals surface area contributed by atoms with Gasteiger partial charge in [-0.2, -0.15) is 5.10 Å². The number of amides is 1. The first kappa shape index (κ1) is 16.5. The number of hydrogen-bond acceptors (Lipinski definition) is 4. The normalized spacial score (nSPS) is 18.7. The molecule has 1 saturated heterocycles. The molecule has 1 aromatic rings. The van der Waals surface area contributed by atoms with Crippen LogP contribution in [0, 0.1) is 6.92 Å². The molecule has 0 aromatic carbocycles.